The molecule has 0 spiro atoms. The lowest BCUT2D eigenvalue weighted by Crippen LogP contribution is -2.34. The van der Waals surface area contributed by atoms with Gasteiger partial charge >= 0.3 is 0 Å². The van der Waals surface area contributed by atoms with Gasteiger partial charge in [0.05, 0.1) is 5.56 Å². The number of rotatable bonds is 3. The van der Waals surface area contributed by atoms with Gasteiger partial charge in [-0.25, -0.2) is 4.98 Å². The van der Waals surface area contributed by atoms with Crippen LogP contribution in [0.25, 0.3) is 33.1 Å². The highest BCUT2D eigenvalue weighted by molar-refractivity contribution is 6.05. The number of nitrogens with zero attached hydrogens (tertiary/aromatic N) is 2. The lowest BCUT2D eigenvalue weighted by Gasteiger charge is -2.24. The zero-order chi connectivity index (χ0) is 24.5. The van der Waals surface area contributed by atoms with Crippen LogP contribution in [-0.4, -0.2) is 4.98 Å². The molecule has 0 N–H and O–H groups in total. The van der Waals surface area contributed by atoms with Crippen LogP contribution < -0.4 is 9.30 Å². The van der Waals surface area contributed by atoms with Gasteiger partial charge in [-0.1, -0.05) is 70.7 Å². The number of fused-ring (bicyclic) bond motifs is 3. The van der Waals surface area contributed by atoms with Gasteiger partial charge in [-0.15, -0.1) is 0 Å². The molecule has 0 amide bonds. The van der Waals surface area contributed by atoms with Crippen molar-refractivity contribution in [3.8, 4) is 22.9 Å². The van der Waals surface area contributed by atoms with Gasteiger partial charge in [0.25, 0.3) is 11.6 Å². The summed E-state index contributed by atoms with van der Waals surface area (Å²) in [6.07, 6.45) is 7.54. The Morgan fingerprint density at radius 2 is 1.83 bits per heavy atom. The number of aryl methyl sites for hydroxylation is 2. The first-order chi connectivity index (χ1) is 16.7. The Morgan fingerprint density at radius 1 is 1.06 bits per heavy atom. The Bertz CT molecular complexity index is 1490. The fourth-order valence-electron chi connectivity index (χ4n) is 6.43. The quantitative estimate of drug-likeness (QED) is 0.253. The van der Waals surface area contributed by atoms with Crippen molar-refractivity contribution >= 4 is 21.8 Å². The predicted molar refractivity (Wildman–Crippen MR) is 144 cm³/mol. The van der Waals surface area contributed by atoms with Crippen molar-refractivity contribution in [1.29, 1.82) is 0 Å². The summed E-state index contributed by atoms with van der Waals surface area (Å²) in [6, 6.07) is 13.6. The minimum atomic E-state index is 0.214. The van der Waals surface area contributed by atoms with E-state index in [0.29, 0.717) is 0 Å². The fraction of sp³-hybridized carbons (Fsp3) is 0.438. The summed E-state index contributed by atoms with van der Waals surface area (Å²) < 4.78 is 9.00. The Hall–Kier alpha value is -2.94. The summed E-state index contributed by atoms with van der Waals surface area (Å²) in [5.41, 5.74) is 10.2. The highest BCUT2D eigenvalue weighted by Crippen LogP contribution is 2.48. The number of ether oxygens (including phenoxy) is 1. The molecule has 0 saturated heterocycles. The Labute approximate surface area is 209 Å². The number of para-hydroxylation sites is 1. The van der Waals surface area contributed by atoms with E-state index in [1.807, 2.05) is 0 Å². The van der Waals surface area contributed by atoms with E-state index in [1.54, 1.807) is 0 Å². The van der Waals surface area contributed by atoms with Gasteiger partial charge in [0.1, 0.15) is 18.3 Å². The Morgan fingerprint density at radius 3 is 2.57 bits per heavy atom. The second-order valence-electron chi connectivity index (χ2n) is 12.2. The van der Waals surface area contributed by atoms with Crippen LogP contribution >= 0.6 is 0 Å². The summed E-state index contributed by atoms with van der Waals surface area (Å²) in [5.74, 6) is 2.48. The monoisotopic (exact) mass is 465 g/mol. The third-order valence-corrected chi connectivity index (χ3v) is 8.15. The SMILES string of the molecule is Cc1cc2cc(CC(C)(C)C)cc3c2c(c1C)-c1c(nc2c(CC4CCCC4)cccc2[n+]1C)O3. The Balaban J connectivity index is 1.60. The van der Waals surface area contributed by atoms with Crippen LogP contribution in [0, 0.1) is 25.2 Å². The predicted octanol–water partition coefficient (Wildman–Crippen LogP) is 7.92. The molecule has 1 aliphatic heterocycles. The van der Waals surface area contributed by atoms with Gasteiger partial charge < -0.3 is 4.74 Å². The van der Waals surface area contributed by atoms with E-state index in [0.717, 1.165) is 41.6 Å². The molecular weight excluding hydrogens is 428 g/mol. The van der Waals surface area contributed by atoms with Crippen molar-refractivity contribution in [2.24, 2.45) is 18.4 Å². The number of hydrogen-bond acceptors (Lipinski definition) is 2. The summed E-state index contributed by atoms with van der Waals surface area (Å²) >= 11 is 0. The minimum absolute atomic E-state index is 0.214. The van der Waals surface area contributed by atoms with E-state index < -0.39 is 0 Å². The fourth-order valence-corrected chi connectivity index (χ4v) is 6.43. The molecule has 0 unspecified atom stereocenters. The van der Waals surface area contributed by atoms with E-state index in [-0.39, 0.29) is 5.41 Å². The first-order valence-corrected chi connectivity index (χ1v) is 13.3. The average Bonchev–Trinajstić information content (AvgIpc) is 3.29. The van der Waals surface area contributed by atoms with E-state index in [1.165, 1.54) is 69.8 Å². The van der Waals surface area contributed by atoms with Crippen LogP contribution in [0.1, 0.15) is 68.7 Å². The van der Waals surface area contributed by atoms with Gasteiger partial charge in [0, 0.05) is 11.5 Å². The van der Waals surface area contributed by atoms with Crippen LogP contribution in [0.2, 0.25) is 0 Å². The molecule has 1 fully saturated rings. The highest BCUT2D eigenvalue weighted by Gasteiger charge is 2.34. The zero-order valence-corrected chi connectivity index (χ0v) is 22.1. The molecule has 2 aliphatic rings. The van der Waals surface area contributed by atoms with Gasteiger partial charge in [0.2, 0.25) is 5.52 Å². The van der Waals surface area contributed by atoms with E-state index in [9.17, 15) is 0 Å². The van der Waals surface area contributed by atoms with Crippen molar-refractivity contribution < 1.29 is 9.30 Å². The Kier molecular flexibility index (Phi) is 5.18. The molecule has 1 saturated carbocycles. The number of aromatic nitrogens is 2. The van der Waals surface area contributed by atoms with Gasteiger partial charge in [-0.2, -0.15) is 4.57 Å². The molecule has 6 rings (SSSR count). The normalized spacial score (nSPS) is 15.6. The minimum Gasteiger partial charge on any atom is -0.433 e. The largest absolute Gasteiger partial charge is 0.433 e. The third-order valence-electron chi connectivity index (χ3n) is 8.15. The molecule has 0 radical (unpaired) electrons. The van der Waals surface area contributed by atoms with Crippen LogP contribution in [0.5, 0.6) is 11.6 Å². The zero-order valence-electron chi connectivity index (χ0n) is 22.1. The smallest absolute Gasteiger partial charge is 0.294 e. The lowest BCUT2D eigenvalue weighted by atomic mass is 9.85. The topological polar surface area (TPSA) is 26.0 Å². The first kappa shape index (κ1) is 22.5. The third kappa shape index (κ3) is 3.80. The molecule has 3 aromatic carbocycles. The summed E-state index contributed by atoms with van der Waals surface area (Å²) in [5, 5.41) is 2.48. The van der Waals surface area contributed by atoms with Crippen LogP contribution in [-0.2, 0) is 19.9 Å². The van der Waals surface area contributed by atoms with E-state index >= 15 is 0 Å². The average molecular weight is 466 g/mol. The second-order valence-corrected chi connectivity index (χ2v) is 12.2. The molecular formula is C32H37N2O+. The van der Waals surface area contributed by atoms with Gasteiger partial charge in [-0.3, -0.25) is 0 Å². The van der Waals surface area contributed by atoms with Gasteiger partial charge in [0.15, 0.2) is 0 Å². The summed E-state index contributed by atoms with van der Waals surface area (Å²) in [6.45, 7) is 11.4. The summed E-state index contributed by atoms with van der Waals surface area (Å²) in [7, 11) is 2.18. The maximum atomic E-state index is 6.68. The maximum Gasteiger partial charge on any atom is 0.294 e. The lowest BCUT2D eigenvalue weighted by molar-refractivity contribution is -0.634. The maximum absolute atomic E-state index is 6.68. The van der Waals surface area contributed by atoms with Crippen molar-refractivity contribution in [1.82, 2.24) is 4.98 Å². The molecule has 0 atom stereocenters. The standard InChI is InChI=1S/C32H37N2O/c1-19-14-24-16-22(18-32(3,4)5)17-26-28(24)27(20(19)2)30-31(35-26)33-29-23(15-21-10-7-8-11-21)12-9-13-25(29)34(30)6/h9,12-14,16-17,21H,7-8,10-11,15,18H2,1-6H3/q+1. The molecule has 180 valence electrons. The molecule has 1 aromatic heterocycles. The molecule has 3 heteroatoms. The van der Waals surface area contributed by atoms with Crippen molar-refractivity contribution in [2.45, 2.75) is 73.1 Å². The molecule has 0 bridgehead atoms. The highest BCUT2D eigenvalue weighted by atomic mass is 16.5. The molecule has 4 aromatic rings. The van der Waals surface area contributed by atoms with Crippen LogP contribution in [0.4, 0.5) is 0 Å². The molecule has 2 heterocycles. The second kappa shape index (κ2) is 8.05. The first-order valence-electron chi connectivity index (χ1n) is 13.3. The molecule has 1 aliphatic carbocycles. The van der Waals surface area contributed by atoms with Crippen LogP contribution in [0.3, 0.4) is 0 Å². The van der Waals surface area contributed by atoms with Crippen molar-refractivity contribution in [3.63, 3.8) is 0 Å². The van der Waals surface area contributed by atoms with Crippen molar-refractivity contribution in [2.75, 3.05) is 0 Å². The van der Waals surface area contributed by atoms with Crippen molar-refractivity contribution in [3.05, 3.63) is 58.7 Å². The van der Waals surface area contributed by atoms with E-state index in [4.69, 9.17) is 9.72 Å². The van der Waals surface area contributed by atoms with Gasteiger partial charge in [-0.05, 0) is 71.7 Å². The number of benzene rings is 3. The van der Waals surface area contributed by atoms with E-state index in [2.05, 4.69) is 82.6 Å². The number of hydrogen-bond donors (Lipinski definition) is 0. The van der Waals surface area contributed by atoms with Crippen LogP contribution in [0.15, 0.2) is 36.4 Å². The molecule has 3 nitrogen and oxygen atoms in total. The molecule has 35 heavy (non-hydrogen) atoms. The summed E-state index contributed by atoms with van der Waals surface area (Å²) in [4.78, 5) is 5.24.